The summed E-state index contributed by atoms with van der Waals surface area (Å²) < 4.78 is 15.2. The van der Waals surface area contributed by atoms with E-state index in [1.165, 1.54) is 39.2 Å². The van der Waals surface area contributed by atoms with Crippen LogP contribution in [-0.4, -0.2) is 49.9 Å². The monoisotopic (exact) mass is 504 g/mol. The van der Waals surface area contributed by atoms with Crippen molar-refractivity contribution in [1.29, 1.82) is 0 Å². The lowest BCUT2D eigenvalue weighted by Gasteiger charge is -2.24. The molecule has 8 nitrogen and oxygen atoms in total. The first-order valence-electron chi connectivity index (χ1n) is 12.8. The Balaban J connectivity index is 2.65. The minimum Gasteiger partial charge on any atom is -0.469 e. The number of benzene rings is 1. The largest absolute Gasteiger partial charge is 0.469 e. The highest BCUT2D eigenvalue weighted by atomic mass is 16.6. The van der Waals surface area contributed by atoms with Gasteiger partial charge in [0.1, 0.15) is 11.4 Å². The Hall–Kier alpha value is -2.87. The molecular formula is C28H44N2O6. The fourth-order valence-electron chi connectivity index (χ4n) is 3.43. The predicted molar refractivity (Wildman–Crippen MR) is 141 cm³/mol. The predicted octanol–water partition coefficient (Wildman–Crippen LogP) is 5.10. The quantitative estimate of drug-likeness (QED) is 0.140. The molecule has 2 N–H and O–H groups in total. The lowest BCUT2D eigenvalue weighted by atomic mass is 10.1. The summed E-state index contributed by atoms with van der Waals surface area (Å²) in [6, 6.07) is 6.85. The molecule has 0 aliphatic heterocycles. The third-order valence-corrected chi connectivity index (χ3v) is 5.31. The second-order valence-corrected chi connectivity index (χ2v) is 9.91. The van der Waals surface area contributed by atoms with E-state index in [9.17, 15) is 14.4 Å². The summed E-state index contributed by atoms with van der Waals surface area (Å²) in [5.41, 5.74) is 0.402. The molecule has 202 valence electrons. The Morgan fingerprint density at radius 3 is 2.25 bits per heavy atom. The molecule has 8 heteroatoms. The summed E-state index contributed by atoms with van der Waals surface area (Å²) in [5, 5.41) is 6.41. The molecule has 0 aromatic heterocycles. The number of methoxy groups -OCH3 is 1. The molecule has 0 aliphatic rings. The van der Waals surface area contributed by atoms with E-state index >= 15 is 0 Å². The first-order chi connectivity index (χ1) is 17.0. The fraction of sp³-hybridized carbons (Fsp3) is 0.607. The van der Waals surface area contributed by atoms with Crippen molar-refractivity contribution < 1.29 is 28.6 Å². The van der Waals surface area contributed by atoms with Gasteiger partial charge in [0.15, 0.2) is 0 Å². The van der Waals surface area contributed by atoms with Crippen LogP contribution in [0, 0.1) is 0 Å². The summed E-state index contributed by atoms with van der Waals surface area (Å²) in [6.45, 7) is 12.8. The molecule has 1 rings (SSSR count). The minimum absolute atomic E-state index is 0.0176. The average molecular weight is 505 g/mol. The van der Waals surface area contributed by atoms with Crippen LogP contribution in [0.25, 0.3) is 0 Å². The molecule has 36 heavy (non-hydrogen) atoms. The molecule has 0 heterocycles. The van der Waals surface area contributed by atoms with Crippen LogP contribution in [0.3, 0.4) is 0 Å². The number of carbonyl (C=O) groups excluding carboxylic acids is 3. The number of rotatable bonds is 16. The molecule has 1 atom stereocenters. The van der Waals surface area contributed by atoms with Gasteiger partial charge in [-0.05, 0) is 57.9 Å². The number of esters is 2. The Kier molecular flexibility index (Phi) is 14.5. The summed E-state index contributed by atoms with van der Waals surface area (Å²) in [4.78, 5) is 35.8. The zero-order valence-electron chi connectivity index (χ0n) is 22.6. The Morgan fingerprint density at radius 1 is 1.00 bits per heavy atom. The summed E-state index contributed by atoms with van der Waals surface area (Å²) >= 11 is 0. The second-order valence-electron chi connectivity index (χ2n) is 9.91. The zero-order chi connectivity index (χ0) is 27.0. The van der Waals surface area contributed by atoms with Crippen LogP contribution in [0.2, 0.25) is 0 Å². The molecule has 0 spiro atoms. The van der Waals surface area contributed by atoms with Crippen molar-refractivity contribution in [1.82, 2.24) is 10.6 Å². The Bertz CT molecular complexity index is 829. The van der Waals surface area contributed by atoms with Crippen molar-refractivity contribution in [3.05, 3.63) is 42.0 Å². The van der Waals surface area contributed by atoms with Crippen molar-refractivity contribution in [2.45, 2.75) is 90.7 Å². The number of carbonyl (C=O) groups is 3. The summed E-state index contributed by atoms with van der Waals surface area (Å²) in [7, 11) is 1.24. The standard InChI is InChI=1S/C28H44N2O6/c1-7-8-9-10-11-12-17-29-20-23(30-27(33)36-28(3,4)5)19-22-13-15-24(16-14-22)35-26(32)21(2)18-25(31)34-6/h13-16,23,29H,2,7-12,17-20H2,1,3-6H3,(H,30,33). The maximum absolute atomic E-state index is 12.4. The van der Waals surface area contributed by atoms with Gasteiger partial charge in [0, 0.05) is 18.2 Å². The van der Waals surface area contributed by atoms with Gasteiger partial charge in [-0.1, -0.05) is 57.7 Å². The number of ether oxygens (including phenoxy) is 3. The van der Waals surface area contributed by atoms with Gasteiger partial charge in [0.25, 0.3) is 0 Å². The van der Waals surface area contributed by atoms with Gasteiger partial charge in [-0.3, -0.25) is 4.79 Å². The van der Waals surface area contributed by atoms with Crippen LogP contribution in [0.4, 0.5) is 4.79 Å². The van der Waals surface area contributed by atoms with Crippen molar-refractivity contribution in [3.63, 3.8) is 0 Å². The first kappa shape index (κ1) is 31.2. The van der Waals surface area contributed by atoms with Crippen LogP contribution in [0.5, 0.6) is 5.75 Å². The molecule has 0 radical (unpaired) electrons. The van der Waals surface area contributed by atoms with Crippen LogP contribution in [0.15, 0.2) is 36.4 Å². The van der Waals surface area contributed by atoms with E-state index in [4.69, 9.17) is 9.47 Å². The Morgan fingerprint density at radius 2 is 1.64 bits per heavy atom. The minimum atomic E-state index is -0.684. The van der Waals surface area contributed by atoms with Gasteiger partial charge in [-0.25, -0.2) is 9.59 Å². The van der Waals surface area contributed by atoms with E-state index < -0.39 is 23.6 Å². The smallest absolute Gasteiger partial charge is 0.407 e. The molecule has 0 saturated heterocycles. The van der Waals surface area contributed by atoms with E-state index in [0.717, 1.165) is 18.5 Å². The molecule has 1 amide bonds. The fourth-order valence-corrected chi connectivity index (χ4v) is 3.43. The molecule has 1 aromatic rings. The molecular weight excluding hydrogens is 460 g/mol. The maximum Gasteiger partial charge on any atom is 0.407 e. The van der Waals surface area contributed by atoms with Crippen molar-refractivity contribution in [2.75, 3.05) is 20.2 Å². The molecule has 0 aliphatic carbocycles. The average Bonchev–Trinajstić information content (AvgIpc) is 2.80. The number of nitrogens with one attached hydrogen (secondary N) is 2. The van der Waals surface area contributed by atoms with Crippen LogP contribution >= 0.6 is 0 Å². The Labute approximate surface area is 216 Å². The van der Waals surface area contributed by atoms with Crippen LogP contribution in [-0.2, 0) is 25.5 Å². The lowest BCUT2D eigenvalue weighted by molar-refractivity contribution is -0.141. The number of hydrogen-bond acceptors (Lipinski definition) is 7. The SMILES string of the molecule is C=C(CC(=O)OC)C(=O)Oc1ccc(CC(CNCCCCCCCC)NC(=O)OC(C)(C)C)cc1. The molecule has 1 unspecified atom stereocenters. The maximum atomic E-state index is 12.4. The van der Waals surface area contributed by atoms with E-state index in [0.29, 0.717) is 18.7 Å². The van der Waals surface area contributed by atoms with Gasteiger partial charge in [-0.15, -0.1) is 0 Å². The van der Waals surface area contributed by atoms with Crippen LogP contribution in [0.1, 0.15) is 78.2 Å². The van der Waals surface area contributed by atoms with Crippen LogP contribution < -0.4 is 15.4 Å². The van der Waals surface area contributed by atoms with E-state index in [-0.39, 0.29) is 18.0 Å². The second kappa shape index (κ2) is 16.7. The first-order valence-corrected chi connectivity index (χ1v) is 12.8. The number of amides is 1. The number of unbranched alkanes of at least 4 members (excludes halogenated alkanes) is 5. The molecule has 0 saturated carbocycles. The molecule has 1 aromatic carbocycles. The topological polar surface area (TPSA) is 103 Å². The third-order valence-electron chi connectivity index (χ3n) is 5.31. The number of alkyl carbamates (subject to hydrolysis) is 1. The summed E-state index contributed by atoms with van der Waals surface area (Å²) in [6.07, 6.45) is 7.26. The third kappa shape index (κ3) is 14.5. The summed E-state index contributed by atoms with van der Waals surface area (Å²) in [5.74, 6) is -0.898. The normalized spacial score (nSPS) is 11.9. The highest BCUT2D eigenvalue weighted by Crippen LogP contribution is 2.16. The molecule has 0 fully saturated rings. The van der Waals surface area contributed by atoms with E-state index in [2.05, 4.69) is 28.9 Å². The highest BCUT2D eigenvalue weighted by molar-refractivity contribution is 5.94. The van der Waals surface area contributed by atoms with Gasteiger partial charge in [0.2, 0.25) is 0 Å². The van der Waals surface area contributed by atoms with Gasteiger partial charge >= 0.3 is 18.0 Å². The van der Waals surface area contributed by atoms with Gasteiger partial charge in [-0.2, -0.15) is 0 Å². The highest BCUT2D eigenvalue weighted by Gasteiger charge is 2.20. The van der Waals surface area contributed by atoms with Crippen molar-refractivity contribution >= 4 is 18.0 Å². The lowest BCUT2D eigenvalue weighted by Crippen LogP contribution is -2.45. The van der Waals surface area contributed by atoms with Gasteiger partial charge < -0.3 is 24.8 Å². The van der Waals surface area contributed by atoms with Gasteiger partial charge in [0.05, 0.1) is 13.5 Å². The van der Waals surface area contributed by atoms with E-state index in [1.54, 1.807) is 12.1 Å². The van der Waals surface area contributed by atoms with Crippen molar-refractivity contribution in [3.8, 4) is 5.75 Å². The van der Waals surface area contributed by atoms with Crippen molar-refractivity contribution in [2.24, 2.45) is 0 Å². The van der Waals surface area contributed by atoms with E-state index in [1.807, 2.05) is 32.9 Å². The molecule has 0 bridgehead atoms. The number of hydrogen-bond donors (Lipinski definition) is 2. The zero-order valence-corrected chi connectivity index (χ0v) is 22.6.